The summed E-state index contributed by atoms with van der Waals surface area (Å²) < 4.78 is 5.76. The second-order valence-electron chi connectivity index (χ2n) is 6.38. The number of carbonyl (C=O) groups excluding carboxylic acids is 1. The third kappa shape index (κ3) is 3.75. The third-order valence-electron chi connectivity index (χ3n) is 4.64. The Morgan fingerprint density at radius 1 is 1.19 bits per heavy atom. The van der Waals surface area contributed by atoms with Crippen molar-refractivity contribution >= 4 is 16.8 Å². The molecule has 26 heavy (non-hydrogen) atoms. The normalized spacial score (nSPS) is 15.3. The van der Waals surface area contributed by atoms with Crippen LogP contribution in [0, 0.1) is 0 Å². The number of benzene rings is 1. The van der Waals surface area contributed by atoms with Gasteiger partial charge in [0.25, 0.3) is 5.56 Å². The highest BCUT2D eigenvalue weighted by Gasteiger charge is 2.18. The van der Waals surface area contributed by atoms with Crippen molar-refractivity contribution in [2.75, 3.05) is 39.3 Å². The van der Waals surface area contributed by atoms with E-state index in [1.165, 1.54) is 0 Å². The molecule has 0 unspecified atom stereocenters. The molecular formula is C18H23N3O5. The van der Waals surface area contributed by atoms with Gasteiger partial charge in [0.2, 0.25) is 11.7 Å². The highest BCUT2D eigenvalue weighted by molar-refractivity contribution is 5.92. The van der Waals surface area contributed by atoms with Gasteiger partial charge >= 0.3 is 0 Å². The molecule has 2 heterocycles. The van der Waals surface area contributed by atoms with Gasteiger partial charge in [-0.2, -0.15) is 0 Å². The molecule has 1 aliphatic heterocycles. The smallest absolute Gasteiger partial charge is 0.294 e. The lowest BCUT2D eigenvalue weighted by atomic mass is 10.1. The summed E-state index contributed by atoms with van der Waals surface area (Å²) in [5, 5.41) is 20.0. The van der Waals surface area contributed by atoms with Crippen molar-refractivity contribution in [3.8, 4) is 17.2 Å². The number of H-pyrrole nitrogens is 1. The first-order valence-electron chi connectivity index (χ1n) is 8.65. The molecule has 1 aliphatic rings. The number of aromatic hydroxyl groups is 2. The molecule has 1 saturated heterocycles. The average Bonchev–Trinajstić information content (AvgIpc) is 2.63. The van der Waals surface area contributed by atoms with Crippen molar-refractivity contribution in [1.29, 1.82) is 0 Å². The van der Waals surface area contributed by atoms with E-state index < -0.39 is 17.1 Å². The molecule has 3 rings (SSSR count). The van der Waals surface area contributed by atoms with Gasteiger partial charge in [-0.25, -0.2) is 0 Å². The summed E-state index contributed by atoms with van der Waals surface area (Å²) in [6.45, 7) is 6.08. The first-order chi connectivity index (χ1) is 12.5. The van der Waals surface area contributed by atoms with Gasteiger partial charge in [-0.1, -0.05) is 6.07 Å². The van der Waals surface area contributed by atoms with E-state index in [0.29, 0.717) is 23.3 Å². The zero-order chi connectivity index (χ0) is 18.7. The zero-order valence-corrected chi connectivity index (χ0v) is 14.7. The van der Waals surface area contributed by atoms with E-state index >= 15 is 0 Å². The highest BCUT2D eigenvalue weighted by Crippen LogP contribution is 2.35. The van der Waals surface area contributed by atoms with Crippen molar-refractivity contribution in [3.05, 3.63) is 28.6 Å². The summed E-state index contributed by atoms with van der Waals surface area (Å²) in [5.74, 6) is -0.658. The molecule has 0 aliphatic carbocycles. The van der Waals surface area contributed by atoms with Gasteiger partial charge in [-0.05, 0) is 18.6 Å². The molecule has 1 fully saturated rings. The Morgan fingerprint density at radius 3 is 2.62 bits per heavy atom. The van der Waals surface area contributed by atoms with Crippen LogP contribution >= 0.6 is 0 Å². The maximum absolute atomic E-state index is 11.5. The van der Waals surface area contributed by atoms with Crippen LogP contribution in [0.5, 0.6) is 17.2 Å². The molecule has 1 amide bonds. The number of nitrogens with zero attached hydrogens (tertiary/aromatic N) is 2. The van der Waals surface area contributed by atoms with Crippen molar-refractivity contribution in [3.63, 3.8) is 0 Å². The minimum Gasteiger partial charge on any atom is -0.504 e. The minimum atomic E-state index is -0.739. The number of amides is 1. The van der Waals surface area contributed by atoms with Crippen LogP contribution in [0.3, 0.4) is 0 Å². The summed E-state index contributed by atoms with van der Waals surface area (Å²) in [5.41, 5.74) is -0.333. The third-order valence-corrected chi connectivity index (χ3v) is 4.64. The minimum absolute atomic E-state index is 0.116. The molecular weight excluding hydrogens is 338 g/mol. The largest absolute Gasteiger partial charge is 0.504 e. The second-order valence-corrected chi connectivity index (χ2v) is 6.38. The van der Waals surface area contributed by atoms with Crippen LogP contribution in [0.2, 0.25) is 0 Å². The average molecular weight is 361 g/mol. The number of aromatic nitrogens is 1. The van der Waals surface area contributed by atoms with Crippen LogP contribution in [0.15, 0.2) is 23.0 Å². The topological polar surface area (TPSA) is 106 Å². The number of pyridine rings is 1. The Hall–Kier alpha value is -2.74. The van der Waals surface area contributed by atoms with Gasteiger partial charge in [0.15, 0.2) is 5.75 Å². The Bertz CT molecular complexity index is 856. The van der Waals surface area contributed by atoms with E-state index in [9.17, 15) is 19.8 Å². The van der Waals surface area contributed by atoms with Crippen LogP contribution in [0.1, 0.15) is 13.3 Å². The summed E-state index contributed by atoms with van der Waals surface area (Å²) in [6, 6.07) is 5.04. The SMILES string of the molecule is CC(=O)N1CCN(CCCOc2cccc3[nH]c(=O)c(O)c(O)c23)CC1. The Morgan fingerprint density at radius 2 is 1.92 bits per heavy atom. The number of carbonyl (C=O) groups is 1. The number of fused-ring (bicyclic) bond motifs is 1. The quantitative estimate of drug-likeness (QED) is 0.683. The fourth-order valence-corrected chi connectivity index (χ4v) is 3.16. The molecule has 3 N–H and O–H groups in total. The first kappa shape index (κ1) is 18.1. The lowest BCUT2D eigenvalue weighted by molar-refractivity contribution is -0.130. The predicted molar refractivity (Wildman–Crippen MR) is 96.7 cm³/mol. The van der Waals surface area contributed by atoms with E-state index in [2.05, 4.69) is 9.88 Å². The van der Waals surface area contributed by atoms with Crippen LogP contribution in [0.4, 0.5) is 0 Å². The predicted octanol–water partition coefficient (Wildman–Crippen LogP) is 0.872. The molecule has 0 saturated carbocycles. The fourth-order valence-electron chi connectivity index (χ4n) is 3.16. The van der Waals surface area contributed by atoms with Gasteiger partial charge in [0.05, 0.1) is 17.5 Å². The number of aromatic amines is 1. The molecule has 0 spiro atoms. The Kier molecular flexibility index (Phi) is 5.32. The fraction of sp³-hybridized carbons (Fsp3) is 0.444. The second kappa shape index (κ2) is 7.65. The van der Waals surface area contributed by atoms with Gasteiger partial charge in [-0.15, -0.1) is 0 Å². The summed E-state index contributed by atoms with van der Waals surface area (Å²) >= 11 is 0. The number of piperazine rings is 1. The lowest BCUT2D eigenvalue weighted by Gasteiger charge is -2.34. The summed E-state index contributed by atoms with van der Waals surface area (Å²) in [6.07, 6.45) is 0.784. The van der Waals surface area contributed by atoms with Crippen LogP contribution < -0.4 is 10.3 Å². The van der Waals surface area contributed by atoms with Gasteiger partial charge in [0.1, 0.15) is 5.75 Å². The maximum Gasteiger partial charge on any atom is 0.294 e. The van der Waals surface area contributed by atoms with E-state index in [0.717, 1.165) is 39.1 Å². The number of rotatable bonds is 5. The molecule has 0 atom stereocenters. The molecule has 140 valence electrons. The maximum atomic E-state index is 11.5. The van der Waals surface area contributed by atoms with Crippen molar-refractivity contribution < 1.29 is 19.7 Å². The standard InChI is InChI=1S/C18H23N3O5/c1-12(22)21-9-7-20(8-10-21)6-3-11-26-14-5-2-4-13-15(14)16(23)17(24)18(25)19-13/h2,4-5,24H,3,6-11H2,1H3,(H2,19,23,25). The lowest BCUT2D eigenvalue weighted by Crippen LogP contribution is -2.48. The Balaban J connectivity index is 1.57. The number of nitrogens with one attached hydrogen (secondary N) is 1. The molecule has 0 bridgehead atoms. The Labute approximate surface area is 150 Å². The van der Waals surface area contributed by atoms with Crippen LogP contribution in [-0.4, -0.2) is 70.2 Å². The van der Waals surface area contributed by atoms with E-state index in [1.54, 1.807) is 25.1 Å². The first-order valence-corrected chi connectivity index (χ1v) is 8.65. The van der Waals surface area contributed by atoms with Crippen molar-refractivity contribution in [2.24, 2.45) is 0 Å². The molecule has 1 aromatic carbocycles. The summed E-state index contributed by atoms with van der Waals surface area (Å²) in [4.78, 5) is 29.5. The molecule has 0 radical (unpaired) electrons. The molecule has 8 nitrogen and oxygen atoms in total. The van der Waals surface area contributed by atoms with Crippen molar-refractivity contribution in [1.82, 2.24) is 14.8 Å². The highest BCUT2D eigenvalue weighted by atomic mass is 16.5. The van der Waals surface area contributed by atoms with E-state index in [1.807, 2.05) is 4.90 Å². The van der Waals surface area contributed by atoms with Crippen LogP contribution in [0.25, 0.3) is 10.9 Å². The number of ether oxygens (including phenoxy) is 1. The summed E-state index contributed by atoms with van der Waals surface area (Å²) in [7, 11) is 0. The number of hydrogen-bond donors (Lipinski definition) is 3. The molecule has 1 aromatic heterocycles. The van der Waals surface area contributed by atoms with Gasteiger partial charge < -0.3 is 24.8 Å². The van der Waals surface area contributed by atoms with E-state index in [4.69, 9.17) is 4.74 Å². The van der Waals surface area contributed by atoms with Gasteiger partial charge in [-0.3, -0.25) is 14.5 Å². The van der Waals surface area contributed by atoms with Crippen molar-refractivity contribution in [2.45, 2.75) is 13.3 Å². The monoisotopic (exact) mass is 361 g/mol. The molecule has 2 aromatic rings. The zero-order valence-electron chi connectivity index (χ0n) is 14.7. The number of hydrogen-bond acceptors (Lipinski definition) is 6. The van der Waals surface area contributed by atoms with Crippen LogP contribution in [-0.2, 0) is 4.79 Å². The van der Waals surface area contributed by atoms with E-state index in [-0.39, 0.29) is 5.91 Å². The van der Waals surface area contributed by atoms with Gasteiger partial charge in [0, 0.05) is 39.6 Å². The molecule has 8 heteroatoms.